The van der Waals surface area contributed by atoms with Gasteiger partial charge in [0.2, 0.25) is 5.91 Å². The molecule has 0 bridgehead atoms. The molecule has 0 unspecified atom stereocenters. The number of thiocarbonyl (C=S) groups is 1. The number of halogens is 1. The topological polar surface area (TPSA) is 87.3 Å². The zero-order valence-corrected chi connectivity index (χ0v) is 20.3. The van der Waals surface area contributed by atoms with Gasteiger partial charge in [-0.15, -0.1) is 0 Å². The van der Waals surface area contributed by atoms with Crippen molar-refractivity contribution >= 4 is 62.3 Å². The molecular weight excluding hydrogens is 478 g/mol. The van der Waals surface area contributed by atoms with E-state index in [2.05, 4.69) is 15.4 Å². The molecule has 3 aromatic carbocycles. The maximum atomic E-state index is 12.7. The number of carbonyl (C=O) groups is 1. The van der Waals surface area contributed by atoms with Gasteiger partial charge in [-0.3, -0.25) is 14.8 Å². The molecule has 1 amide bonds. The van der Waals surface area contributed by atoms with Gasteiger partial charge in [-0.1, -0.05) is 35.9 Å². The average molecular weight is 500 g/mol. The van der Waals surface area contributed by atoms with Crippen LogP contribution in [-0.4, -0.2) is 19.4 Å². The third-order valence-electron chi connectivity index (χ3n) is 4.74. The first-order chi connectivity index (χ1) is 15.6. The molecule has 9 heteroatoms. The largest absolute Gasteiger partial charge is 0.332 e. The van der Waals surface area contributed by atoms with Crippen LogP contribution in [0.3, 0.4) is 0 Å². The van der Waals surface area contributed by atoms with Crippen molar-refractivity contribution in [2.75, 3.05) is 10.0 Å². The van der Waals surface area contributed by atoms with Gasteiger partial charge in [0.1, 0.15) is 0 Å². The molecule has 3 N–H and O–H groups in total. The number of hydrogen-bond acceptors (Lipinski definition) is 4. The fourth-order valence-electron chi connectivity index (χ4n) is 2.83. The highest BCUT2D eigenvalue weighted by Gasteiger charge is 2.14. The van der Waals surface area contributed by atoms with E-state index in [0.717, 1.165) is 11.1 Å². The Labute approximate surface area is 203 Å². The zero-order valence-electron chi connectivity index (χ0n) is 17.9. The number of hydrogen-bond donors (Lipinski definition) is 3. The maximum absolute atomic E-state index is 12.7. The van der Waals surface area contributed by atoms with E-state index in [0.29, 0.717) is 22.0 Å². The summed E-state index contributed by atoms with van der Waals surface area (Å²) in [6.07, 6.45) is 2.91. The quantitative estimate of drug-likeness (QED) is 0.317. The van der Waals surface area contributed by atoms with E-state index in [1.807, 2.05) is 26.0 Å². The number of anilines is 2. The number of amides is 1. The van der Waals surface area contributed by atoms with Crippen molar-refractivity contribution < 1.29 is 13.2 Å². The molecule has 170 valence electrons. The third kappa shape index (κ3) is 6.89. The smallest absolute Gasteiger partial charge is 0.261 e. The summed E-state index contributed by atoms with van der Waals surface area (Å²) in [6.45, 7) is 3.88. The number of rotatable bonds is 6. The molecule has 0 aromatic heterocycles. The summed E-state index contributed by atoms with van der Waals surface area (Å²) < 4.78 is 27.9. The molecule has 0 radical (unpaired) electrons. The first kappa shape index (κ1) is 24.4. The second kappa shape index (κ2) is 10.6. The summed E-state index contributed by atoms with van der Waals surface area (Å²) in [5.74, 6) is -0.427. The predicted molar refractivity (Wildman–Crippen MR) is 138 cm³/mol. The first-order valence-electron chi connectivity index (χ1n) is 9.89. The molecule has 0 aliphatic carbocycles. The highest BCUT2D eigenvalue weighted by molar-refractivity contribution is 7.92. The monoisotopic (exact) mass is 499 g/mol. The fourth-order valence-corrected chi connectivity index (χ4v) is 4.29. The van der Waals surface area contributed by atoms with Crippen LogP contribution in [-0.2, 0) is 14.8 Å². The van der Waals surface area contributed by atoms with E-state index in [1.54, 1.807) is 48.5 Å². The number of aryl methyl sites for hydroxylation is 2. The van der Waals surface area contributed by atoms with Gasteiger partial charge >= 0.3 is 0 Å². The second-order valence-corrected chi connectivity index (χ2v) is 9.72. The molecule has 0 saturated heterocycles. The van der Waals surface area contributed by atoms with Crippen molar-refractivity contribution in [2.45, 2.75) is 18.7 Å². The average Bonchev–Trinajstić information content (AvgIpc) is 2.76. The molecule has 0 fully saturated rings. The number of benzene rings is 3. The molecule has 0 aliphatic rings. The minimum Gasteiger partial charge on any atom is -0.332 e. The van der Waals surface area contributed by atoms with Gasteiger partial charge in [-0.25, -0.2) is 8.42 Å². The Balaban J connectivity index is 1.59. The Morgan fingerprint density at radius 2 is 1.61 bits per heavy atom. The van der Waals surface area contributed by atoms with Crippen molar-refractivity contribution in [1.29, 1.82) is 0 Å². The van der Waals surface area contributed by atoms with Crippen molar-refractivity contribution in [3.8, 4) is 0 Å². The molecule has 0 aliphatic heterocycles. The standard InChI is InChI=1S/C24H22ClN3O3S2/c1-16-7-9-20(15-17(16)2)28-33(30,31)21-12-10-19(11-13-21)26-24(32)27-23(29)14-8-18-5-3-4-6-22(18)25/h3-15,28H,1-2H3,(H2,26,27,29,32)/b14-8+. The van der Waals surface area contributed by atoms with Gasteiger partial charge in [-0.2, -0.15) is 0 Å². The fraction of sp³-hybridized carbons (Fsp3) is 0.0833. The van der Waals surface area contributed by atoms with Gasteiger partial charge in [0, 0.05) is 22.5 Å². The van der Waals surface area contributed by atoms with Gasteiger partial charge in [0.25, 0.3) is 10.0 Å². The van der Waals surface area contributed by atoms with Crippen LogP contribution in [0.1, 0.15) is 16.7 Å². The Morgan fingerprint density at radius 1 is 0.939 bits per heavy atom. The molecule has 3 aromatic rings. The van der Waals surface area contributed by atoms with Crippen LogP contribution in [0, 0.1) is 13.8 Å². The molecule has 6 nitrogen and oxygen atoms in total. The Kier molecular flexibility index (Phi) is 7.86. The summed E-state index contributed by atoms with van der Waals surface area (Å²) in [5.41, 5.74) is 3.80. The van der Waals surface area contributed by atoms with E-state index < -0.39 is 15.9 Å². The Morgan fingerprint density at radius 3 is 2.27 bits per heavy atom. The van der Waals surface area contributed by atoms with E-state index >= 15 is 0 Å². The minimum absolute atomic E-state index is 0.0765. The number of carbonyl (C=O) groups excluding carboxylic acids is 1. The summed E-state index contributed by atoms with van der Waals surface area (Å²) in [6, 6.07) is 18.5. The highest BCUT2D eigenvalue weighted by atomic mass is 35.5. The molecule has 33 heavy (non-hydrogen) atoms. The van der Waals surface area contributed by atoms with Crippen LogP contribution in [0.25, 0.3) is 6.08 Å². The van der Waals surface area contributed by atoms with Crippen LogP contribution < -0.4 is 15.4 Å². The summed E-state index contributed by atoms with van der Waals surface area (Å²) in [4.78, 5) is 12.2. The van der Waals surface area contributed by atoms with Crippen LogP contribution in [0.2, 0.25) is 5.02 Å². The third-order valence-corrected chi connectivity index (χ3v) is 6.68. The van der Waals surface area contributed by atoms with Gasteiger partial charge < -0.3 is 5.32 Å². The molecular formula is C24H22ClN3O3S2. The summed E-state index contributed by atoms with van der Waals surface area (Å²) >= 11 is 11.2. The first-order valence-corrected chi connectivity index (χ1v) is 12.2. The summed E-state index contributed by atoms with van der Waals surface area (Å²) in [5, 5.41) is 5.98. The molecule has 0 atom stereocenters. The normalized spacial score (nSPS) is 11.2. The van der Waals surface area contributed by atoms with E-state index in [1.165, 1.54) is 18.2 Å². The van der Waals surface area contributed by atoms with Crippen molar-refractivity contribution in [2.24, 2.45) is 0 Å². The second-order valence-electron chi connectivity index (χ2n) is 7.23. The van der Waals surface area contributed by atoms with Crippen molar-refractivity contribution in [3.63, 3.8) is 0 Å². The van der Waals surface area contributed by atoms with Crippen LogP contribution >= 0.6 is 23.8 Å². The van der Waals surface area contributed by atoms with Crippen LogP contribution in [0.4, 0.5) is 11.4 Å². The van der Waals surface area contributed by atoms with Gasteiger partial charge in [0.15, 0.2) is 5.11 Å². The van der Waals surface area contributed by atoms with E-state index in [4.69, 9.17) is 23.8 Å². The van der Waals surface area contributed by atoms with Gasteiger partial charge in [-0.05, 0) is 91.3 Å². The molecule has 0 spiro atoms. The van der Waals surface area contributed by atoms with Crippen molar-refractivity contribution in [1.82, 2.24) is 5.32 Å². The molecule has 0 saturated carbocycles. The van der Waals surface area contributed by atoms with Crippen molar-refractivity contribution in [3.05, 3.63) is 94.5 Å². The Hall–Kier alpha value is -3.20. The molecule has 3 rings (SSSR count). The number of sulfonamides is 1. The maximum Gasteiger partial charge on any atom is 0.261 e. The Bertz CT molecular complexity index is 1320. The number of nitrogens with one attached hydrogen (secondary N) is 3. The molecule has 0 heterocycles. The SMILES string of the molecule is Cc1ccc(NS(=O)(=O)c2ccc(NC(=S)NC(=O)/C=C/c3ccccc3Cl)cc2)cc1C. The lowest BCUT2D eigenvalue weighted by atomic mass is 10.1. The lowest BCUT2D eigenvalue weighted by Gasteiger charge is -2.11. The van der Waals surface area contributed by atoms with E-state index in [-0.39, 0.29) is 10.0 Å². The predicted octanol–water partition coefficient (Wildman–Crippen LogP) is 5.28. The lowest BCUT2D eigenvalue weighted by molar-refractivity contribution is -0.115. The van der Waals surface area contributed by atoms with Crippen LogP contribution in [0.15, 0.2) is 77.7 Å². The summed E-state index contributed by atoms with van der Waals surface area (Å²) in [7, 11) is -3.74. The minimum atomic E-state index is -3.74. The van der Waals surface area contributed by atoms with Gasteiger partial charge in [0.05, 0.1) is 4.90 Å². The van der Waals surface area contributed by atoms with Crippen LogP contribution in [0.5, 0.6) is 0 Å². The van der Waals surface area contributed by atoms with E-state index in [9.17, 15) is 13.2 Å². The zero-order chi connectivity index (χ0) is 24.0. The lowest BCUT2D eigenvalue weighted by Crippen LogP contribution is -2.32. The highest BCUT2D eigenvalue weighted by Crippen LogP contribution is 2.20.